The van der Waals surface area contributed by atoms with Crippen molar-refractivity contribution in [3.63, 3.8) is 0 Å². The molecule has 0 fully saturated rings. The van der Waals surface area contributed by atoms with E-state index in [2.05, 4.69) is 0 Å². The molecule has 0 aliphatic rings. The molecule has 0 radical (unpaired) electrons. The first-order valence-corrected chi connectivity index (χ1v) is 7.86. The Hall–Kier alpha value is -3.40. The van der Waals surface area contributed by atoms with Gasteiger partial charge in [0.2, 0.25) is 0 Å². The second kappa shape index (κ2) is 5.91. The Bertz CT molecular complexity index is 1100. The number of carbonyl (C=O) groups is 2. The predicted molar refractivity (Wildman–Crippen MR) is 95.1 cm³/mol. The van der Waals surface area contributed by atoms with Crippen LogP contribution in [-0.4, -0.2) is 11.8 Å². The number of fused-ring (bicyclic) bond motifs is 3. The number of carbonyl (C=O) groups excluding carboxylic acids is 2. The SMILES string of the molecule is CC(=O)c1ccc(C(=O)Oc2ccc3oc4ccccc4c3c2)cc1. The van der Waals surface area contributed by atoms with E-state index in [1.807, 2.05) is 24.3 Å². The lowest BCUT2D eigenvalue weighted by molar-refractivity contribution is 0.0734. The van der Waals surface area contributed by atoms with Gasteiger partial charge in [-0.2, -0.15) is 0 Å². The summed E-state index contributed by atoms with van der Waals surface area (Å²) in [7, 11) is 0. The highest BCUT2D eigenvalue weighted by molar-refractivity contribution is 6.05. The second-order valence-electron chi connectivity index (χ2n) is 5.78. The number of esters is 1. The van der Waals surface area contributed by atoms with E-state index >= 15 is 0 Å². The first-order valence-electron chi connectivity index (χ1n) is 7.86. The van der Waals surface area contributed by atoms with Crippen molar-refractivity contribution in [2.24, 2.45) is 0 Å². The third-order valence-electron chi connectivity index (χ3n) is 4.09. The number of hydrogen-bond acceptors (Lipinski definition) is 4. The number of para-hydroxylation sites is 1. The fraction of sp³-hybridized carbons (Fsp3) is 0.0476. The van der Waals surface area contributed by atoms with Gasteiger partial charge < -0.3 is 9.15 Å². The zero-order chi connectivity index (χ0) is 17.4. The van der Waals surface area contributed by atoms with Crippen molar-refractivity contribution in [1.82, 2.24) is 0 Å². The highest BCUT2D eigenvalue weighted by atomic mass is 16.5. The maximum absolute atomic E-state index is 12.3. The van der Waals surface area contributed by atoms with E-state index < -0.39 is 5.97 Å². The molecule has 0 N–H and O–H groups in total. The highest BCUT2D eigenvalue weighted by Crippen LogP contribution is 2.31. The molecule has 0 amide bonds. The van der Waals surface area contributed by atoms with E-state index in [0.29, 0.717) is 16.9 Å². The minimum Gasteiger partial charge on any atom is -0.456 e. The van der Waals surface area contributed by atoms with Crippen molar-refractivity contribution in [2.75, 3.05) is 0 Å². The van der Waals surface area contributed by atoms with Gasteiger partial charge in [-0.15, -0.1) is 0 Å². The molecule has 122 valence electrons. The predicted octanol–water partition coefficient (Wildman–Crippen LogP) is 5.01. The summed E-state index contributed by atoms with van der Waals surface area (Å²) in [4.78, 5) is 23.6. The zero-order valence-corrected chi connectivity index (χ0v) is 13.5. The van der Waals surface area contributed by atoms with Crippen LogP contribution in [0.4, 0.5) is 0 Å². The summed E-state index contributed by atoms with van der Waals surface area (Å²) in [6, 6.07) is 19.4. The van der Waals surface area contributed by atoms with Gasteiger partial charge >= 0.3 is 5.97 Å². The van der Waals surface area contributed by atoms with Crippen LogP contribution < -0.4 is 4.74 Å². The van der Waals surface area contributed by atoms with Crippen LogP contribution in [0, 0.1) is 0 Å². The molecular weight excluding hydrogens is 316 g/mol. The number of ether oxygens (including phenoxy) is 1. The summed E-state index contributed by atoms with van der Waals surface area (Å²) in [6.45, 7) is 1.48. The topological polar surface area (TPSA) is 56.5 Å². The van der Waals surface area contributed by atoms with Gasteiger partial charge in [-0.25, -0.2) is 4.79 Å². The summed E-state index contributed by atoms with van der Waals surface area (Å²) in [5, 5.41) is 1.87. The van der Waals surface area contributed by atoms with Crippen molar-refractivity contribution in [3.05, 3.63) is 77.9 Å². The standard InChI is InChI=1S/C21H14O4/c1-13(22)14-6-8-15(9-7-14)21(23)24-16-10-11-20-18(12-16)17-4-2-3-5-19(17)25-20/h2-12H,1H3. The van der Waals surface area contributed by atoms with Crippen LogP contribution in [-0.2, 0) is 0 Å². The van der Waals surface area contributed by atoms with Crippen LogP contribution >= 0.6 is 0 Å². The monoisotopic (exact) mass is 330 g/mol. The van der Waals surface area contributed by atoms with Gasteiger partial charge in [0.1, 0.15) is 16.9 Å². The van der Waals surface area contributed by atoms with Crippen LogP contribution in [0.3, 0.4) is 0 Å². The van der Waals surface area contributed by atoms with Gasteiger partial charge in [0.25, 0.3) is 0 Å². The molecule has 1 aromatic heterocycles. The third-order valence-corrected chi connectivity index (χ3v) is 4.09. The fourth-order valence-corrected chi connectivity index (χ4v) is 2.78. The van der Waals surface area contributed by atoms with Gasteiger partial charge in [0, 0.05) is 16.3 Å². The van der Waals surface area contributed by atoms with E-state index in [0.717, 1.165) is 21.9 Å². The number of Topliss-reactive ketones (excluding diaryl/α,β-unsaturated/α-hetero) is 1. The lowest BCUT2D eigenvalue weighted by atomic mass is 10.1. The number of ketones is 1. The van der Waals surface area contributed by atoms with E-state index in [-0.39, 0.29) is 5.78 Å². The molecule has 0 saturated carbocycles. The van der Waals surface area contributed by atoms with Crippen molar-refractivity contribution in [1.29, 1.82) is 0 Å². The number of furan rings is 1. The Labute approximate surface area is 143 Å². The highest BCUT2D eigenvalue weighted by Gasteiger charge is 2.12. The van der Waals surface area contributed by atoms with Crippen LogP contribution in [0.25, 0.3) is 21.9 Å². The van der Waals surface area contributed by atoms with Gasteiger partial charge in [-0.05, 0) is 43.3 Å². The summed E-state index contributed by atoms with van der Waals surface area (Å²) in [5.74, 6) is -0.0702. The number of hydrogen-bond donors (Lipinski definition) is 0. The Kier molecular flexibility index (Phi) is 3.58. The van der Waals surface area contributed by atoms with Crippen LogP contribution in [0.1, 0.15) is 27.6 Å². The average Bonchev–Trinajstić information content (AvgIpc) is 3.00. The molecule has 4 rings (SSSR count). The molecule has 4 nitrogen and oxygen atoms in total. The molecule has 0 atom stereocenters. The molecule has 3 aromatic carbocycles. The molecular formula is C21H14O4. The number of benzene rings is 3. The minimum absolute atomic E-state index is 0.0443. The van der Waals surface area contributed by atoms with Gasteiger partial charge in [-0.3, -0.25) is 4.79 Å². The lowest BCUT2D eigenvalue weighted by Crippen LogP contribution is -2.08. The lowest BCUT2D eigenvalue weighted by Gasteiger charge is -2.05. The van der Waals surface area contributed by atoms with Gasteiger partial charge in [0.15, 0.2) is 5.78 Å². The van der Waals surface area contributed by atoms with Gasteiger partial charge in [-0.1, -0.05) is 30.3 Å². The molecule has 0 aliphatic heterocycles. The Morgan fingerprint density at radius 3 is 2.24 bits per heavy atom. The maximum atomic E-state index is 12.3. The largest absolute Gasteiger partial charge is 0.456 e. The van der Waals surface area contributed by atoms with E-state index in [9.17, 15) is 9.59 Å². The summed E-state index contributed by atoms with van der Waals surface area (Å²) < 4.78 is 11.2. The first kappa shape index (κ1) is 15.1. The second-order valence-corrected chi connectivity index (χ2v) is 5.78. The molecule has 4 aromatic rings. The summed E-state index contributed by atoms with van der Waals surface area (Å²) in [5.41, 5.74) is 2.48. The zero-order valence-electron chi connectivity index (χ0n) is 13.5. The van der Waals surface area contributed by atoms with Crippen LogP contribution in [0.2, 0.25) is 0 Å². The van der Waals surface area contributed by atoms with Crippen LogP contribution in [0.5, 0.6) is 5.75 Å². The van der Waals surface area contributed by atoms with Crippen molar-refractivity contribution in [2.45, 2.75) is 6.92 Å². The Morgan fingerprint density at radius 1 is 0.800 bits per heavy atom. The molecule has 0 unspecified atom stereocenters. The molecule has 4 heteroatoms. The molecule has 0 spiro atoms. The van der Waals surface area contributed by atoms with E-state index in [4.69, 9.17) is 9.15 Å². The minimum atomic E-state index is -0.470. The average molecular weight is 330 g/mol. The Morgan fingerprint density at radius 2 is 1.48 bits per heavy atom. The normalized spacial score (nSPS) is 10.9. The number of rotatable bonds is 3. The van der Waals surface area contributed by atoms with E-state index in [1.165, 1.54) is 6.92 Å². The smallest absolute Gasteiger partial charge is 0.343 e. The fourth-order valence-electron chi connectivity index (χ4n) is 2.78. The van der Waals surface area contributed by atoms with Crippen molar-refractivity contribution < 1.29 is 18.7 Å². The molecule has 1 heterocycles. The molecule has 0 saturated heterocycles. The molecule has 0 aliphatic carbocycles. The van der Waals surface area contributed by atoms with E-state index in [1.54, 1.807) is 42.5 Å². The van der Waals surface area contributed by atoms with Gasteiger partial charge in [0.05, 0.1) is 5.56 Å². The summed E-state index contributed by atoms with van der Waals surface area (Å²) >= 11 is 0. The first-order chi connectivity index (χ1) is 12.1. The third kappa shape index (κ3) is 2.78. The van der Waals surface area contributed by atoms with Crippen molar-refractivity contribution >= 4 is 33.7 Å². The summed E-state index contributed by atoms with van der Waals surface area (Å²) in [6.07, 6.45) is 0. The van der Waals surface area contributed by atoms with Crippen molar-refractivity contribution in [3.8, 4) is 5.75 Å². The Balaban J connectivity index is 1.64. The molecule has 0 bridgehead atoms. The maximum Gasteiger partial charge on any atom is 0.343 e. The quantitative estimate of drug-likeness (QED) is 0.301. The molecule has 25 heavy (non-hydrogen) atoms. The van der Waals surface area contributed by atoms with Crippen LogP contribution in [0.15, 0.2) is 71.1 Å².